The molecule has 1 N–H and O–H groups in total. The number of likely N-dealkylation sites (tertiary alicyclic amines) is 1. The van der Waals surface area contributed by atoms with Gasteiger partial charge in [-0.1, -0.05) is 35.5 Å². The van der Waals surface area contributed by atoms with Gasteiger partial charge in [0.2, 0.25) is 17.7 Å². The number of rotatable bonds is 7. The van der Waals surface area contributed by atoms with Crippen molar-refractivity contribution in [2.45, 2.75) is 52.0 Å². The predicted octanol–water partition coefficient (Wildman–Crippen LogP) is 2.82. The highest BCUT2D eigenvalue weighted by atomic mass is 16.5. The average Bonchev–Trinajstić information content (AvgIpc) is 3.12. The van der Waals surface area contributed by atoms with Gasteiger partial charge in [0.15, 0.2) is 5.82 Å². The zero-order valence-corrected chi connectivity index (χ0v) is 16.6. The van der Waals surface area contributed by atoms with Crippen LogP contribution in [0.1, 0.15) is 55.9 Å². The minimum atomic E-state index is 0.00343. The quantitative estimate of drug-likeness (QED) is 0.793. The molecule has 2 heterocycles. The Bertz CT molecular complexity index is 782. The van der Waals surface area contributed by atoms with Crippen molar-refractivity contribution in [3.8, 4) is 0 Å². The molecule has 0 radical (unpaired) electrons. The highest BCUT2D eigenvalue weighted by Crippen LogP contribution is 2.22. The van der Waals surface area contributed by atoms with Gasteiger partial charge in [0.1, 0.15) is 0 Å². The molecule has 150 valence electrons. The van der Waals surface area contributed by atoms with Gasteiger partial charge in [-0.3, -0.25) is 9.59 Å². The molecule has 7 heteroatoms. The lowest BCUT2D eigenvalue weighted by Gasteiger charge is -2.32. The third-order valence-electron chi connectivity index (χ3n) is 5.24. The van der Waals surface area contributed by atoms with Crippen molar-refractivity contribution >= 4 is 11.8 Å². The van der Waals surface area contributed by atoms with Gasteiger partial charge in [0.05, 0.1) is 6.04 Å². The van der Waals surface area contributed by atoms with Gasteiger partial charge < -0.3 is 14.7 Å². The SMILES string of the molecule is Cc1noc(CCC(=O)N2CCC(CC(=O)N[C@H](C)c3ccccc3)CC2)n1. The fourth-order valence-electron chi connectivity index (χ4n) is 3.59. The molecule has 1 aliphatic rings. The predicted molar refractivity (Wildman–Crippen MR) is 104 cm³/mol. The first-order valence-corrected chi connectivity index (χ1v) is 9.92. The molecule has 0 spiro atoms. The number of aromatic nitrogens is 2. The topological polar surface area (TPSA) is 88.3 Å². The normalized spacial score (nSPS) is 16.0. The van der Waals surface area contributed by atoms with Crippen molar-refractivity contribution < 1.29 is 14.1 Å². The standard InChI is InChI=1S/C21H28N4O3/c1-15(18-6-4-3-5-7-18)22-19(26)14-17-10-12-25(13-11-17)21(27)9-8-20-23-16(2)24-28-20/h3-7,15,17H,8-14H2,1-2H3,(H,22,26)/t15-/m1/s1. The van der Waals surface area contributed by atoms with Crippen molar-refractivity contribution in [2.24, 2.45) is 5.92 Å². The molecular weight excluding hydrogens is 356 g/mol. The molecule has 1 aromatic carbocycles. The van der Waals surface area contributed by atoms with Crippen LogP contribution in [0.5, 0.6) is 0 Å². The summed E-state index contributed by atoms with van der Waals surface area (Å²) in [6, 6.07) is 9.96. The summed E-state index contributed by atoms with van der Waals surface area (Å²) in [5, 5.41) is 6.81. The van der Waals surface area contributed by atoms with Gasteiger partial charge in [0, 0.05) is 32.4 Å². The zero-order valence-electron chi connectivity index (χ0n) is 16.6. The molecule has 1 atom stereocenters. The second-order valence-corrected chi connectivity index (χ2v) is 7.46. The summed E-state index contributed by atoms with van der Waals surface area (Å²) in [5.74, 6) is 1.60. The maximum atomic E-state index is 12.4. The van der Waals surface area contributed by atoms with E-state index in [1.165, 1.54) is 0 Å². The Hall–Kier alpha value is -2.70. The summed E-state index contributed by atoms with van der Waals surface area (Å²) >= 11 is 0. The van der Waals surface area contributed by atoms with Crippen LogP contribution in [0.3, 0.4) is 0 Å². The van der Waals surface area contributed by atoms with Crippen LogP contribution >= 0.6 is 0 Å². The van der Waals surface area contributed by atoms with Gasteiger partial charge >= 0.3 is 0 Å². The van der Waals surface area contributed by atoms with E-state index >= 15 is 0 Å². The number of benzene rings is 1. The third kappa shape index (κ3) is 5.65. The number of nitrogens with zero attached hydrogens (tertiary/aromatic N) is 3. The second kappa shape index (κ2) is 9.48. The molecule has 2 aromatic rings. The van der Waals surface area contributed by atoms with E-state index in [0.717, 1.165) is 18.4 Å². The highest BCUT2D eigenvalue weighted by Gasteiger charge is 2.25. The second-order valence-electron chi connectivity index (χ2n) is 7.46. The summed E-state index contributed by atoms with van der Waals surface area (Å²) in [6.45, 7) is 5.16. The molecule has 0 aliphatic carbocycles. The minimum Gasteiger partial charge on any atom is -0.350 e. The molecule has 1 aromatic heterocycles. The lowest BCUT2D eigenvalue weighted by molar-refractivity contribution is -0.132. The van der Waals surface area contributed by atoms with Crippen LogP contribution in [-0.2, 0) is 16.0 Å². The fourth-order valence-corrected chi connectivity index (χ4v) is 3.59. The molecule has 1 saturated heterocycles. The van der Waals surface area contributed by atoms with Crippen LogP contribution < -0.4 is 5.32 Å². The number of amides is 2. The van der Waals surface area contributed by atoms with Crippen LogP contribution in [0.25, 0.3) is 0 Å². The Morgan fingerprint density at radius 3 is 2.61 bits per heavy atom. The van der Waals surface area contributed by atoms with E-state index in [1.807, 2.05) is 42.2 Å². The Labute approximate surface area is 165 Å². The van der Waals surface area contributed by atoms with Gasteiger partial charge in [-0.15, -0.1) is 0 Å². The Balaban J connectivity index is 1.37. The van der Waals surface area contributed by atoms with E-state index < -0.39 is 0 Å². The summed E-state index contributed by atoms with van der Waals surface area (Å²) in [4.78, 5) is 30.7. The maximum absolute atomic E-state index is 12.4. The monoisotopic (exact) mass is 384 g/mol. The minimum absolute atomic E-state index is 0.00343. The van der Waals surface area contributed by atoms with E-state index in [0.29, 0.717) is 50.0 Å². The molecule has 0 bridgehead atoms. The third-order valence-corrected chi connectivity index (χ3v) is 5.24. The van der Waals surface area contributed by atoms with E-state index in [4.69, 9.17) is 4.52 Å². The number of aryl methyl sites for hydroxylation is 2. The number of carbonyl (C=O) groups is 2. The molecule has 0 unspecified atom stereocenters. The van der Waals surface area contributed by atoms with Crippen molar-refractivity contribution in [3.63, 3.8) is 0 Å². The first-order valence-electron chi connectivity index (χ1n) is 9.92. The summed E-state index contributed by atoms with van der Waals surface area (Å²) in [7, 11) is 0. The molecule has 2 amide bonds. The molecule has 1 fully saturated rings. The van der Waals surface area contributed by atoms with Crippen molar-refractivity contribution in [1.82, 2.24) is 20.4 Å². The molecule has 3 rings (SSSR count). The number of hydrogen-bond acceptors (Lipinski definition) is 5. The smallest absolute Gasteiger partial charge is 0.227 e. The average molecular weight is 384 g/mol. The lowest BCUT2D eigenvalue weighted by Crippen LogP contribution is -2.40. The van der Waals surface area contributed by atoms with Crippen molar-refractivity contribution in [3.05, 3.63) is 47.6 Å². The van der Waals surface area contributed by atoms with Gasteiger partial charge in [-0.2, -0.15) is 4.98 Å². The Morgan fingerprint density at radius 2 is 1.96 bits per heavy atom. The molecule has 28 heavy (non-hydrogen) atoms. The van der Waals surface area contributed by atoms with Gasteiger partial charge in [-0.25, -0.2) is 0 Å². The van der Waals surface area contributed by atoms with Crippen LogP contribution in [0, 0.1) is 12.8 Å². The van der Waals surface area contributed by atoms with E-state index in [1.54, 1.807) is 6.92 Å². The first kappa shape index (κ1) is 20.0. The van der Waals surface area contributed by atoms with Crippen molar-refractivity contribution in [1.29, 1.82) is 0 Å². The van der Waals surface area contributed by atoms with Crippen LogP contribution in [-0.4, -0.2) is 39.9 Å². The van der Waals surface area contributed by atoms with Gasteiger partial charge in [0.25, 0.3) is 0 Å². The fraction of sp³-hybridized carbons (Fsp3) is 0.524. The van der Waals surface area contributed by atoms with Gasteiger partial charge in [-0.05, 0) is 38.2 Å². The van der Waals surface area contributed by atoms with E-state index in [9.17, 15) is 9.59 Å². The summed E-state index contributed by atoms with van der Waals surface area (Å²) < 4.78 is 5.05. The lowest BCUT2D eigenvalue weighted by atomic mass is 9.92. The molecular formula is C21H28N4O3. The molecule has 0 saturated carbocycles. The van der Waals surface area contributed by atoms with Crippen molar-refractivity contribution in [2.75, 3.05) is 13.1 Å². The summed E-state index contributed by atoms with van der Waals surface area (Å²) in [6.07, 6.45) is 3.08. The number of piperidine rings is 1. The molecule has 1 aliphatic heterocycles. The number of hydrogen-bond donors (Lipinski definition) is 1. The van der Waals surface area contributed by atoms with Crippen LogP contribution in [0.15, 0.2) is 34.9 Å². The molecule has 7 nitrogen and oxygen atoms in total. The van der Waals surface area contributed by atoms with Crippen LogP contribution in [0.4, 0.5) is 0 Å². The Morgan fingerprint density at radius 1 is 1.25 bits per heavy atom. The maximum Gasteiger partial charge on any atom is 0.227 e. The van der Waals surface area contributed by atoms with Crippen LogP contribution in [0.2, 0.25) is 0 Å². The Kier molecular flexibility index (Phi) is 6.79. The first-order chi connectivity index (χ1) is 13.5. The highest BCUT2D eigenvalue weighted by molar-refractivity contribution is 5.77. The number of carbonyl (C=O) groups excluding carboxylic acids is 2. The van der Waals surface area contributed by atoms with E-state index in [-0.39, 0.29) is 17.9 Å². The zero-order chi connectivity index (χ0) is 19.9. The summed E-state index contributed by atoms with van der Waals surface area (Å²) in [5.41, 5.74) is 1.10. The largest absolute Gasteiger partial charge is 0.350 e. The number of nitrogens with one attached hydrogen (secondary N) is 1. The van der Waals surface area contributed by atoms with E-state index in [2.05, 4.69) is 15.5 Å².